The molecule has 106 valence electrons. The molecule has 0 unspecified atom stereocenters. The quantitative estimate of drug-likeness (QED) is 0.782. The van der Waals surface area contributed by atoms with Crippen molar-refractivity contribution in [3.05, 3.63) is 66.9 Å². The zero-order chi connectivity index (χ0) is 14.9. The van der Waals surface area contributed by atoms with Crippen LogP contribution >= 0.6 is 0 Å². The maximum Gasteiger partial charge on any atom is 0.128 e. The summed E-state index contributed by atoms with van der Waals surface area (Å²) in [5, 5.41) is 19.8. The highest BCUT2D eigenvalue weighted by atomic mass is 16.5. The third-order valence-corrected chi connectivity index (χ3v) is 2.64. The average molecular weight is 281 g/mol. The standard InChI is InChI=1S/C10H9N3O.C6H6O/c1-14-10-5-3-2-4-8(10)9-6-7-11-13-12-9;7-6-4-2-1-3-5-6/h2-7H,1H3;1-5,7H. The number of ether oxygens (including phenoxy) is 1. The zero-order valence-corrected chi connectivity index (χ0v) is 11.5. The summed E-state index contributed by atoms with van der Waals surface area (Å²) in [6.07, 6.45) is 1.61. The second-order valence-corrected chi connectivity index (χ2v) is 4.04. The lowest BCUT2D eigenvalue weighted by atomic mass is 10.1. The van der Waals surface area contributed by atoms with Crippen LogP contribution in [0.15, 0.2) is 66.9 Å². The molecule has 0 aliphatic rings. The van der Waals surface area contributed by atoms with Crippen molar-refractivity contribution in [1.82, 2.24) is 15.4 Å². The summed E-state index contributed by atoms with van der Waals surface area (Å²) in [5.41, 5.74) is 1.68. The van der Waals surface area contributed by atoms with Crippen LogP contribution in [0.4, 0.5) is 0 Å². The lowest BCUT2D eigenvalue weighted by molar-refractivity contribution is 0.416. The molecule has 2 aromatic carbocycles. The highest BCUT2D eigenvalue weighted by Crippen LogP contribution is 2.26. The van der Waals surface area contributed by atoms with E-state index in [-0.39, 0.29) is 0 Å². The Morgan fingerprint density at radius 2 is 1.62 bits per heavy atom. The fraction of sp³-hybridized carbons (Fsp3) is 0.0625. The summed E-state index contributed by atoms with van der Waals surface area (Å²) in [4.78, 5) is 0. The Labute approximate surface area is 122 Å². The molecule has 5 heteroatoms. The summed E-state index contributed by atoms with van der Waals surface area (Å²) >= 11 is 0. The van der Waals surface area contributed by atoms with Gasteiger partial charge in [-0.05, 0) is 35.5 Å². The number of nitrogens with zero attached hydrogens (tertiary/aromatic N) is 3. The third-order valence-electron chi connectivity index (χ3n) is 2.64. The van der Waals surface area contributed by atoms with Crippen LogP contribution in [0, 0.1) is 0 Å². The van der Waals surface area contributed by atoms with E-state index in [2.05, 4.69) is 15.4 Å². The number of aromatic hydroxyl groups is 1. The topological polar surface area (TPSA) is 68.1 Å². The SMILES string of the molecule is COc1ccccc1-c1ccnnn1.Oc1ccccc1. The molecule has 0 spiro atoms. The van der Waals surface area contributed by atoms with Gasteiger partial charge in [0.05, 0.1) is 13.3 Å². The van der Waals surface area contributed by atoms with Gasteiger partial charge in [0.15, 0.2) is 0 Å². The van der Waals surface area contributed by atoms with Gasteiger partial charge in [-0.15, -0.1) is 10.2 Å². The largest absolute Gasteiger partial charge is 0.508 e. The minimum Gasteiger partial charge on any atom is -0.508 e. The van der Waals surface area contributed by atoms with E-state index in [0.717, 1.165) is 17.0 Å². The van der Waals surface area contributed by atoms with Crippen LogP contribution in [0.5, 0.6) is 11.5 Å². The molecule has 0 atom stereocenters. The predicted molar refractivity (Wildman–Crippen MR) is 79.9 cm³/mol. The van der Waals surface area contributed by atoms with Crippen molar-refractivity contribution in [3.8, 4) is 22.8 Å². The first-order chi connectivity index (χ1) is 10.3. The van der Waals surface area contributed by atoms with Crippen molar-refractivity contribution in [2.24, 2.45) is 0 Å². The number of phenolic OH excluding ortho intramolecular Hbond substituents is 1. The van der Waals surface area contributed by atoms with Gasteiger partial charge in [0.1, 0.15) is 17.2 Å². The van der Waals surface area contributed by atoms with Gasteiger partial charge in [0, 0.05) is 5.56 Å². The zero-order valence-electron chi connectivity index (χ0n) is 11.5. The minimum atomic E-state index is 0.322. The number of rotatable bonds is 2. The first-order valence-corrected chi connectivity index (χ1v) is 6.33. The highest BCUT2D eigenvalue weighted by Gasteiger charge is 2.05. The Bertz CT molecular complexity index is 661. The van der Waals surface area contributed by atoms with E-state index in [1.54, 1.807) is 43.6 Å². The van der Waals surface area contributed by atoms with Gasteiger partial charge in [0.25, 0.3) is 0 Å². The minimum absolute atomic E-state index is 0.322. The average Bonchev–Trinajstić information content (AvgIpc) is 2.57. The van der Waals surface area contributed by atoms with Crippen LogP contribution in [0.1, 0.15) is 0 Å². The molecule has 5 nitrogen and oxygen atoms in total. The number of para-hydroxylation sites is 2. The Morgan fingerprint density at radius 3 is 2.19 bits per heavy atom. The van der Waals surface area contributed by atoms with Crippen LogP contribution in [-0.2, 0) is 0 Å². The maximum atomic E-state index is 8.63. The van der Waals surface area contributed by atoms with E-state index < -0.39 is 0 Å². The van der Waals surface area contributed by atoms with E-state index in [9.17, 15) is 0 Å². The number of hydrogen-bond donors (Lipinski definition) is 1. The molecule has 21 heavy (non-hydrogen) atoms. The van der Waals surface area contributed by atoms with E-state index in [4.69, 9.17) is 9.84 Å². The van der Waals surface area contributed by atoms with Gasteiger partial charge in [-0.3, -0.25) is 0 Å². The Kier molecular flexibility index (Phi) is 5.23. The Balaban J connectivity index is 0.000000194. The van der Waals surface area contributed by atoms with Crippen molar-refractivity contribution in [2.75, 3.05) is 7.11 Å². The number of hydrogen-bond acceptors (Lipinski definition) is 5. The van der Waals surface area contributed by atoms with Crippen molar-refractivity contribution in [1.29, 1.82) is 0 Å². The monoisotopic (exact) mass is 281 g/mol. The molecule has 0 saturated heterocycles. The summed E-state index contributed by atoms with van der Waals surface area (Å²) in [5.74, 6) is 1.11. The Hall–Kier alpha value is -2.95. The van der Waals surface area contributed by atoms with Crippen LogP contribution in [0.25, 0.3) is 11.3 Å². The van der Waals surface area contributed by atoms with E-state index >= 15 is 0 Å². The van der Waals surface area contributed by atoms with Crippen LogP contribution in [0.3, 0.4) is 0 Å². The molecule has 0 aliphatic heterocycles. The van der Waals surface area contributed by atoms with Crippen molar-refractivity contribution in [2.45, 2.75) is 0 Å². The molecule has 1 aromatic heterocycles. The summed E-state index contributed by atoms with van der Waals surface area (Å²) in [6.45, 7) is 0. The van der Waals surface area contributed by atoms with E-state index in [1.165, 1.54) is 0 Å². The summed E-state index contributed by atoms with van der Waals surface area (Å²) in [7, 11) is 1.63. The maximum absolute atomic E-state index is 8.63. The normalized spacial score (nSPS) is 9.38. The first-order valence-electron chi connectivity index (χ1n) is 6.33. The molecule has 1 heterocycles. The fourth-order valence-electron chi connectivity index (χ4n) is 1.67. The van der Waals surface area contributed by atoms with Crippen LogP contribution < -0.4 is 4.74 Å². The van der Waals surface area contributed by atoms with Crippen LogP contribution in [0.2, 0.25) is 0 Å². The van der Waals surface area contributed by atoms with Gasteiger partial charge < -0.3 is 9.84 Å². The number of benzene rings is 2. The lowest BCUT2D eigenvalue weighted by Gasteiger charge is -2.05. The molecular formula is C16H15N3O2. The van der Waals surface area contributed by atoms with Crippen molar-refractivity contribution in [3.63, 3.8) is 0 Å². The van der Waals surface area contributed by atoms with Crippen molar-refractivity contribution >= 4 is 0 Å². The third kappa shape index (κ3) is 4.28. The molecular weight excluding hydrogens is 266 g/mol. The molecule has 0 saturated carbocycles. The molecule has 0 aliphatic carbocycles. The Morgan fingerprint density at radius 1 is 0.905 bits per heavy atom. The molecule has 0 fully saturated rings. The molecule has 0 amide bonds. The number of phenols is 1. The molecule has 0 radical (unpaired) electrons. The molecule has 0 bridgehead atoms. The second-order valence-electron chi connectivity index (χ2n) is 4.04. The van der Waals surface area contributed by atoms with Crippen LogP contribution in [-0.4, -0.2) is 27.6 Å². The predicted octanol–water partition coefficient (Wildman–Crippen LogP) is 2.94. The summed E-state index contributed by atoms with van der Waals surface area (Å²) < 4.78 is 5.21. The van der Waals surface area contributed by atoms with Gasteiger partial charge >= 0.3 is 0 Å². The molecule has 1 N–H and O–H groups in total. The van der Waals surface area contributed by atoms with E-state index in [0.29, 0.717) is 5.75 Å². The molecule has 3 aromatic rings. The van der Waals surface area contributed by atoms with Gasteiger partial charge in [0.2, 0.25) is 0 Å². The first kappa shape index (κ1) is 14.5. The van der Waals surface area contributed by atoms with E-state index in [1.807, 2.05) is 30.3 Å². The molecule has 3 rings (SSSR count). The summed E-state index contributed by atoms with van der Waals surface area (Å²) in [6, 6.07) is 18.2. The van der Waals surface area contributed by atoms with Gasteiger partial charge in [-0.2, -0.15) is 0 Å². The number of methoxy groups -OCH3 is 1. The second kappa shape index (κ2) is 7.59. The highest BCUT2D eigenvalue weighted by molar-refractivity contribution is 5.66. The fourth-order valence-corrected chi connectivity index (χ4v) is 1.67. The van der Waals surface area contributed by atoms with Gasteiger partial charge in [-0.25, -0.2) is 0 Å². The lowest BCUT2D eigenvalue weighted by Crippen LogP contribution is -1.92. The van der Waals surface area contributed by atoms with Gasteiger partial charge in [-0.1, -0.05) is 30.3 Å². The number of aromatic nitrogens is 3. The van der Waals surface area contributed by atoms with Crippen molar-refractivity contribution < 1.29 is 9.84 Å². The smallest absolute Gasteiger partial charge is 0.128 e.